The van der Waals surface area contributed by atoms with Gasteiger partial charge in [0.25, 0.3) is 5.91 Å². The summed E-state index contributed by atoms with van der Waals surface area (Å²) < 4.78 is 15.8. The van der Waals surface area contributed by atoms with Crippen LogP contribution in [-0.4, -0.2) is 37.5 Å². The fraction of sp³-hybridized carbons (Fsp3) is 0.333. The quantitative estimate of drug-likeness (QED) is 0.462. The van der Waals surface area contributed by atoms with Crippen LogP contribution in [0.5, 0.6) is 23.0 Å². The molecule has 0 heterocycles. The molecule has 0 radical (unpaired) electrons. The van der Waals surface area contributed by atoms with Crippen molar-refractivity contribution in [3.05, 3.63) is 41.5 Å². The molecule has 0 fully saturated rings. The Morgan fingerprint density at radius 1 is 1.10 bits per heavy atom. The maximum Gasteiger partial charge on any atom is 0.257 e. The van der Waals surface area contributed by atoms with Gasteiger partial charge in [0, 0.05) is 5.56 Å². The molecule has 0 aliphatic rings. The van der Waals surface area contributed by atoms with Gasteiger partial charge in [-0.15, -0.1) is 0 Å². The van der Waals surface area contributed by atoms with Crippen molar-refractivity contribution in [3.63, 3.8) is 0 Å². The lowest BCUT2D eigenvalue weighted by Gasteiger charge is -2.16. The SMILES string of the molecule is CCC(C)c1ccc(O)c(NC(=S)NC(=O)c2cc(OC)c(OC)c(OC)c2)c1. The van der Waals surface area contributed by atoms with E-state index >= 15 is 0 Å². The minimum atomic E-state index is -0.459. The molecule has 1 unspecified atom stereocenters. The molecule has 3 N–H and O–H groups in total. The molecule has 0 bridgehead atoms. The number of carbonyl (C=O) groups excluding carboxylic acids is 1. The first-order valence-corrected chi connectivity index (χ1v) is 9.50. The van der Waals surface area contributed by atoms with Crippen molar-refractivity contribution in [1.82, 2.24) is 5.32 Å². The predicted octanol–water partition coefficient (Wildman–Crippen LogP) is 4.06. The van der Waals surface area contributed by atoms with Crippen LogP contribution < -0.4 is 24.8 Å². The van der Waals surface area contributed by atoms with Crippen molar-refractivity contribution >= 4 is 28.9 Å². The van der Waals surface area contributed by atoms with Crippen LogP contribution in [0.2, 0.25) is 0 Å². The number of nitrogens with one attached hydrogen (secondary N) is 2. The van der Waals surface area contributed by atoms with Crippen molar-refractivity contribution in [1.29, 1.82) is 0 Å². The van der Waals surface area contributed by atoms with E-state index in [1.807, 2.05) is 12.1 Å². The van der Waals surface area contributed by atoms with Crippen molar-refractivity contribution in [3.8, 4) is 23.0 Å². The fourth-order valence-electron chi connectivity index (χ4n) is 2.74. The first-order chi connectivity index (χ1) is 13.8. The number of ether oxygens (including phenoxy) is 3. The lowest BCUT2D eigenvalue weighted by atomic mass is 9.98. The predicted molar refractivity (Wildman–Crippen MR) is 117 cm³/mol. The van der Waals surface area contributed by atoms with Crippen LogP contribution in [0.4, 0.5) is 5.69 Å². The van der Waals surface area contributed by atoms with E-state index in [4.69, 9.17) is 26.4 Å². The number of phenols is 1. The highest BCUT2D eigenvalue weighted by Gasteiger charge is 2.18. The number of aromatic hydroxyl groups is 1. The standard InChI is InChI=1S/C21H26N2O5S/c1-6-12(2)13-7-8-16(24)15(9-13)22-21(29)23-20(25)14-10-17(26-3)19(28-5)18(11-14)27-4/h7-12,24H,6H2,1-5H3,(H2,22,23,25,29). The smallest absolute Gasteiger partial charge is 0.257 e. The number of thiocarbonyl (C=S) groups is 1. The topological polar surface area (TPSA) is 89.1 Å². The molecule has 0 aromatic heterocycles. The van der Waals surface area contributed by atoms with Crippen LogP contribution in [0.1, 0.15) is 42.1 Å². The van der Waals surface area contributed by atoms with E-state index < -0.39 is 5.91 Å². The molecule has 2 aromatic carbocycles. The number of anilines is 1. The van der Waals surface area contributed by atoms with Crippen LogP contribution in [-0.2, 0) is 0 Å². The largest absolute Gasteiger partial charge is 0.506 e. The highest BCUT2D eigenvalue weighted by Crippen LogP contribution is 2.38. The highest BCUT2D eigenvalue weighted by molar-refractivity contribution is 7.80. The second-order valence-corrected chi connectivity index (χ2v) is 6.82. The van der Waals surface area contributed by atoms with Gasteiger partial charge in [0.05, 0.1) is 27.0 Å². The second-order valence-electron chi connectivity index (χ2n) is 6.41. The second kappa shape index (κ2) is 9.97. The van der Waals surface area contributed by atoms with E-state index in [1.165, 1.54) is 33.5 Å². The highest BCUT2D eigenvalue weighted by atomic mass is 32.1. The number of amides is 1. The zero-order valence-electron chi connectivity index (χ0n) is 17.2. The van der Waals surface area contributed by atoms with Crippen molar-refractivity contribution in [2.24, 2.45) is 0 Å². The summed E-state index contributed by atoms with van der Waals surface area (Å²) in [5.41, 5.74) is 1.77. The lowest BCUT2D eigenvalue weighted by molar-refractivity contribution is 0.0977. The van der Waals surface area contributed by atoms with Crippen LogP contribution in [0.3, 0.4) is 0 Å². The first-order valence-electron chi connectivity index (χ1n) is 9.09. The molecule has 0 spiro atoms. The number of rotatable bonds is 7. The summed E-state index contributed by atoms with van der Waals surface area (Å²) in [6.45, 7) is 4.19. The van der Waals surface area contributed by atoms with Crippen LogP contribution in [0.15, 0.2) is 30.3 Å². The van der Waals surface area contributed by atoms with Gasteiger partial charge in [-0.2, -0.15) is 0 Å². The molecule has 8 heteroatoms. The van der Waals surface area contributed by atoms with Crippen LogP contribution >= 0.6 is 12.2 Å². The Labute approximate surface area is 176 Å². The Balaban J connectivity index is 2.19. The van der Waals surface area contributed by atoms with Gasteiger partial charge in [0.2, 0.25) is 5.75 Å². The summed E-state index contributed by atoms with van der Waals surface area (Å²) in [7, 11) is 4.43. The van der Waals surface area contributed by atoms with Gasteiger partial charge in [-0.3, -0.25) is 10.1 Å². The average molecular weight is 419 g/mol. The Bertz CT molecular complexity index is 876. The van der Waals surface area contributed by atoms with E-state index in [1.54, 1.807) is 6.07 Å². The summed E-state index contributed by atoms with van der Waals surface area (Å²) >= 11 is 5.24. The number of benzene rings is 2. The normalized spacial score (nSPS) is 11.3. The monoisotopic (exact) mass is 418 g/mol. The summed E-state index contributed by atoms with van der Waals surface area (Å²) in [4.78, 5) is 12.6. The van der Waals surface area contributed by atoms with E-state index in [9.17, 15) is 9.90 Å². The molecule has 156 valence electrons. The molecule has 29 heavy (non-hydrogen) atoms. The summed E-state index contributed by atoms with van der Waals surface area (Å²) in [5.74, 6) is 1.02. The molecular formula is C21H26N2O5S. The molecule has 0 aliphatic heterocycles. The first kappa shape index (κ1) is 22.3. The summed E-state index contributed by atoms with van der Waals surface area (Å²) in [6.07, 6.45) is 0.965. The Morgan fingerprint density at radius 2 is 1.72 bits per heavy atom. The van der Waals surface area contributed by atoms with Gasteiger partial charge >= 0.3 is 0 Å². The van der Waals surface area contributed by atoms with Gasteiger partial charge in [-0.1, -0.05) is 19.9 Å². The van der Waals surface area contributed by atoms with Crippen LogP contribution in [0.25, 0.3) is 0 Å². The van der Waals surface area contributed by atoms with Crippen molar-refractivity contribution in [2.45, 2.75) is 26.2 Å². The van der Waals surface area contributed by atoms with E-state index in [0.29, 0.717) is 28.9 Å². The number of hydrogen-bond donors (Lipinski definition) is 3. The van der Waals surface area contributed by atoms with E-state index in [0.717, 1.165) is 12.0 Å². The van der Waals surface area contributed by atoms with E-state index in [-0.39, 0.29) is 16.4 Å². The molecule has 0 saturated heterocycles. The molecule has 0 aliphatic carbocycles. The number of hydrogen-bond acceptors (Lipinski definition) is 6. The van der Waals surface area contributed by atoms with Gasteiger partial charge in [0.15, 0.2) is 16.6 Å². The van der Waals surface area contributed by atoms with E-state index in [2.05, 4.69) is 24.5 Å². The third-order valence-corrected chi connectivity index (χ3v) is 4.81. The number of carbonyl (C=O) groups is 1. The number of phenolic OH excluding ortho intramolecular Hbond substituents is 1. The Kier molecular flexibility index (Phi) is 7.67. The minimum Gasteiger partial charge on any atom is -0.506 e. The maximum absolute atomic E-state index is 12.6. The summed E-state index contributed by atoms with van der Waals surface area (Å²) in [6, 6.07) is 8.35. The zero-order valence-corrected chi connectivity index (χ0v) is 18.0. The number of methoxy groups -OCH3 is 3. The molecule has 0 saturated carbocycles. The molecule has 2 rings (SSSR count). The molecule has 1 amide bonds. The minimum absolute atomic E-state index is 0.0430. The third-order valence-electron chi connectivity index (χ3n) is 4.60. The lowest BCUT2D eigenvalue weighted by Crippen LogP contribution is -2.34. The fourth-order valence-corrected chi connectivity index (χ4v) is 2.94. The van der Waals surface area contributed by atoms with Gasteiger partial charge in [0.1, 0.15) is 5.75 Å². The van der Waals surface area contributed by atoms with Gasteiger partial charge in [-0.25, -0.2) is 0 Å². The Hall–Kier alpha value is -3.00. The maximum atomic E-state index is 12.6. The van der Waals surface area contributed by atoms with Crippen molar-refractivity contribution in [2.75, 3.05) is 26.6 Å². The average Bonchev–Trinajstić information content (AvgIpc) is 2.73. The zero-order chi connectivity index (χ0) is 21.6. The molecule has 7 nitrogen and oxygen atoms in total. The third kappa shape index (κ3) is 5.29. The van der Waals surface area contributed by atoms with Gasteiger partial charge < -0.3 is 24.6 Å². The van der Waals surface area contributed by atoms with Gasteiger partial charge in [-0.05, 0) is 54.4 Å². The molecular weight excluding hydrogens is 392 g/mol. The molecule has 2 aromatic rings. The van der Waals surface area contributed by atoms with Crippen molar-refractivity contribution < 1.29 is 24.1 Å². The Morgan fingerprint density at radius 3 is 2.24 bits per heavy atom. The van der Waals surface area contributed by atoms with Crippen LogP contribution in [0, 0.1) is 0 Å². The molecule has 1 atom stereocenters. The summed E-state index contributed by atoms with van der Waals surface area (Å²) in [5, 5.41) is 15.6.